The molecular weight excluding hydrogens is 220 g/mol. The van der Waals surface area contributed by atoms with Crippen molar-refractivity contribution < 1.29 is 9.90 Å². The Labute approximate surface area is 101 Å². The minimum Gasteiger partial charge on any atom is -0.478 e. The third kappa shape index (κ3) is 5.12. The van der Waals surface area contributed by atoms with Crippen molar-refractivity contribution in [1.82, 2.24) is 0 Å². The fraction of sp³-hybridized carbons (Fsp3) is 0.462. The molecule has 1 N–H and O–H groups in total. The van der Waals surface area contributed by atoms with E-state index in [2.05, 4.69) is 24.1 Å². The summed E-state index contributed by atoms with van der Waals surface area (Å²) in [7, 11) is 0. The highest BCUT2D eigenvalue weighted by Gasteiger charge is 2.02. The minimum absolute atomic E-state index is 0.332. The molecule has 0 atom stereocenters. The Morgan fingerprint density at radius 3 is 2.69 bits per heavy atom. The Hall–Kier alpha value is -1.09. The molecule has 2 nitrogen and oxygen atoms in total. The number of thiophene rings is 1. The zero-order chi connectivity index (χ0) is 11.8. The van der Waals surface area contributed by atoms with Gasteiger partial charge in [-0.2, -0.15) is 0 Å². The van der Waals surface area contributed by atoms with Crippen molar-refractivity contribution in [2.24, 2.45) is 0 Å². The van der Waals surface area contributed by atoms with Crippen LogP contribution >= 0.6 is 11.3 Å². The number of carboxylic acids is 1. The maximum absolute atomic E-state index is 10.5. The second kappa shape index (κ2) is 7.23. The molecule has 1 heterocycles. The first-order valence-corrected chi connectivity index (χ1v) is 6.51. The molecule has 3 heteroatoms. The highest BCUT2D eigenvalue weighted by atomic mass is 32.1. The summed E-state index contributed by atoms with van der Waals surface area (Å²) in [6.45, 7) is 3.51. The summed E-state index contributed by atoms with van der Waals surface area (Å²) >= 11 is 1.80. The lowest BCUT2D eigenvalue weighted by Gasteiger charge is -2.01. The molecule has 0 fully saturated rings. The zero-order valence-corrected chi connectivity index (χ0v) is 10.3. The van der Waals surface area contributed by atoms with Crippen LogP contribution in [0.5, 0.6) is 0 Å². The van der Waals surface area contributed by atoms with Crippen LogP contribution in [0.3, 0.4) is 0 Å². The first-order valence-electron chi connectivity index (χ1n) is 5.63. The van der Waals surface area contributed by atoms with Crippen LogP contribution in [0.25, 0.3) is 0 Å². The first-order chi connectivity index (χ1) is 7.70. The van der Waals surface area contributed by atoms with E-state index in [1.807, 2.05) is 0 Å². The quantitative estimate of drug-likeness (QED) is 0.551. The Bertz CT molecular complexity index is 328. The second-order valence-electron chi connectivity index (χ2n) is 3.90. The normalized spacial score (nSPS) is 10.2. The van der Waals surface area contributed by atoms with E-state index in [-0.39, 0.29) is 0 Å². The summed E-state index contributed by atoms with van der Waals surface area (Å²) in [5, 5.41) is 10.7. The fourth-order valence-electron chi connectivity index (χ4n) is 1.55. The molecule has 0 bridgehead atoms. The highest BCUT2D eigenvalue weighted by Crippen LogP contribution is 2.14. The molecule has 0 aliphatic carbocycles. The molecule has 16 heavy (non-hydrogen) atoms. The van der Waals surface area contributed by atoms with Crippen molar-refractivity contribution >= 4 is 17.3 Å². The van der Waals surface area contributed by atoms with Crippen LogP contribution in [0.2, 0.25) is 0 Å². The summed E-state index contributed by atoms with van der Waals surface area (Å²) in [6, 6.07) is 4.24. The number of aryl methyl sites for hydroxylation is 1. The van der Waals surface area contributed by atoms with Crippen LogP contribution in [0.1, 0.15) is 37.0 Å². The van der Waals surface area contributed by atoms with Gasteiger partial charge < -0.3 is 5.11 Å². The number of carbonyl (C=O) groups is 1. The average molecular weight is 238 g/mol. The maximum Gasteiger partial charge on any atom is 0.330 e. The SMILES string of the molecule is C=C(CCCCCCc1cccs1)C(=O)O. The van der Waals surface area contributed by atoms with Crippen molar-refractivity contribution in [2.75, 3.05) is 0 Å². The number of rotatable bonds is 8. The van der Waals surface area contributed by atoms with Crippen LogP contribution in [-0.2, 0) is 11.2 Å². The van der Waals surface area contributed by atoms with E-state index in [9.17, 15) is 4.79 Å². The predicted octanol–water partition coefficient (Wildman–Crippen LogP) is 3.88. The van der Waals surface area contributed by atoms with Crippen molar-refractivity contribution in [2.45, 2.75) is 38.5 Å². The van der Waals surface area contributed by atoms with Gasteiger partial charge in [0.1, 0.15) is 0 Å². The summed E-state index contributed by atoms with van der Waals surface area (Å²) < 4.78 is 0. The van der Waals surface area contributed by atoms with Gasteiger partial charge >= 0.3 is 5.97 Å². The van der Waals surface area contributed by atoms with Crippen LogP contribution in [-0.4, -0.2) is 11.1 Å². The van der Waals surface area contributed by atoms with E-state index in [0.29, 0.717) is 12.0 Å². The van der Waals surface area contributed by atoms with Gasteiger partial charge in [0.25, 0.3) is 0 Å². The topological polar surface area (TPSA) is 37.3 Å². The van der Waals surface area contributed by atoms with Crippen molar-refractivity contribution in [3.63, 3.8) is 0 Å². The van der Waals surface area contributed by atoms with Crippen LogP contribution in [0, 0.1) is 0 Å². The average Bonchev–Trinajstić information content (AvgIpc) is 2.75. The van der Waals surface area contributed by atoms with Gasteiger partial charge in [0.05, 0.1) is 0 Å². The molecule has 1 aromatic heterocycles. The Morgan fingerprint density at radius 1 is 1.31 bits per heavy atom. The molecule has 0 aliphatic heterocycles. The van der Waals surface area contributed by atoms with Crippen molar-refractivity contribution in [3.8, 4) is 0 Å². The molecule has 0 amide bonds. The summed E-state index contributed by atoms with van der Waals surface area (Å²) in [5.41, 5.74) is 0.332. The third-order valence-corrected chi connectivity index (χ3v) is 3.47. The number of aliphatic carboxylic acids is 1. The lowest BCUT2D eigenvalue weighted by molar-refractivity contribution is -0.132. The van der Waals surface area contributed by atoms with Gasteiger partial charge in [-0.15, -0.1) is 11.3 Å². The van der Waals surface area contributed by atoms with Gasteiger partial charge in [0.15, 0.2) is 0 Å². The monoisotopic (exact) mass is 238 g/mol. The molecule has 0 unspecified atom stereocenters. The summed E-state index contributed by atoms with van der Waals surface area (Å²) in [4.78, 5) is 11.9. The van der Waals surface area contributed by atoms with Crippen LogP contribution in [0.4, 0.5) is 0 Å². The largest absolute Gasteiger partial charge is 0.478 e. The summed E-state index contributed by atoms with van der Waals surface area (Å²) in [5.74, 6) is -0.862. The van der Waals surface area contributed by atoms with E-state index >= 15 is 0 Å². The molecule has 0 saturated carbocycles. The molecule has 0 aromatic carbocycles. The van der Waals surface area contributed by atoms with Crippen LogP contribution < -0.4 is 0 Å². The number of hydrogen-bond acceptors (Lipinski definition) is 2. The van der Waals surface area contributed by atoms with E-state index in [0.717, 1.165) is 19.3 Å². The van der Waals surface area contributed by atoms with Gasteiger partial charge in [-0.3, -0.25) is 0 Å². The van der Waals surface area contributed by atoms with E-state index < -0.39 is 5.97 Å². The lowest BCUT2D eigenvalue weighted by Crippen LogP contribution is -1.98. The number of hydrogen-bond donors (Lipinski definition) is 1. The Balaban J connectivity index is 1.96. The molecular formula is C13H18O2S. The van der Waals surface area contributed by atoms with Crippen molar-refractivity contribution in [1.29, 1.82) is 0 Å². The predicted molar refractivity (Wildman–Crippen MR) is 67.9 cm³/mol. The highest BCUT2D eigenvalue weighted by molar-refractivity contribution is 7.09. The zero-order valence-electron chi connectivity index (χ0n) is 9.45. The second-order valence-corrected chi connectivity index (χ2v) is 4.93. The van der Waals surface area contributed by atoms with Gasteiger partial charge in [0, 0.05) is 10.5 Å². The smallest absolute Gasteiger partial charge is 0.330 e. The molecule has 88 valence electrons. The Morgan fingerprint density at radius 2 is 2.06 bits per heavy atom. The molecule has 1 rings (SSSR count). The van der Waals surface area contributed by atoms with Gasteiger partial charge in [-0.1, -0.05) is 25.5 Å². The minimum atomic E-state index is -0.862. The van der Waals surface area contributed by atoms with Gasteiger partial charge in [-0.05, 0) is 37.1 Å². The van der Waals surface area contributed by atoms with Crippen LogP contribution in [0.15, 0.2) is 29.7 Å². The molecule has 0 radical (unpaired) electrons. The first kappa shape index (κ1) is 13.0. The lowest BCUT2D eigenvalue weighted by atomic mass is 10.1. The van der Waals surface area contributed by atoms with Gasteiger partial charge in [-0.25, -0.2) is 4.79 Å². The standard InChI is InChI=1S/C13H18O2S/c1-11(13(14)15)7-4-2-3-5-8-12-9-6-10-16-12/h6,9-10H,1-5,7-8H2,(H,14,15). The van der Waals surface area contributed by atoms with E-state index in [4.69, 9.17) is 5.11 Å². The summed E-state index contributed by atoms with van der Waals surface area (Å²) in [6.07, 6.45) is 6.17. The molecule has 1 aromatic rings. The van der Waals surface area contributed by atoms with E-state index in [1.165, 1.54) is 17.7 Å². The number of unbranched alkanes of at least 4 members (excludes halogenated alkanes) is 3. The Kier molecular flexibility index (Phi) is 5.86. The molecule has 0 aliphatic rings. The fourth-order valence-corrected chi connectivity index (χ4v) is 2.30. The van der Waals surface area contributed by atoms with Gasteiger partial charge in [0.2, 0.25) is 0 Å². The maximum atomic E-state index is 10.5. The molecule has 0 saturated heterocycles. The number of carboxylic acid groups (broad SMARTS) is 1. The van der Waals surface area contributed by atoms with E-state index in [1.54, 1.807) is 11.3 Å². The third-order valence-electron chi connectivity index (χ3n) is 2.53. The molecule has 0 spiro atoms. The van der Waals surface area contributed by atoms with Crippen molar-refractivity contribution in [3.05, 3.63) is 34.5 Å².